The molecule has 0 saturated carbocycles. The summed E-state index contributed by atoms with van der Waals surface area (Å²) >= 11 is 0. The fraction of sp³-hybridized carbons (Fsp3) is 0.148. The van der Waals surface area contributed by atoms with E-state index in [1.807, 2.05) is 0 Å². The number of nitrogens with two attached hydrogens (primary N) is 1. The van der Waals surface area contributed by atoms with Crippen molar-refractivity contribution in [3.63, 3.8) is 0 Å². The van der Waals surface area contributed by atoms with Crippen LogP contribution in [0, 0.1) is 11.7 Å². The number of phenolic OH excluding ortho intramolecular Hbond substituents is 1. The zero-order valence-corrected chi connectivity index (χ0v) is 19.7. The third-order valence-corrected chi connectivity index (χ3v) is 5.32. The Bertz CT molecular complexity index is 1290. The number of rotatable bonds is 8. The van der Waals surface area contributed by atoms with E-state index in [0.29, 0.717) is 22.6 Å². The molecular formula is C27H26FN3O5. The third kappa shape index (κ3) is 6.92. The van der Waals surface area contributed by atoms with E-state index in [4.69, 9.17) is 10.5 Å². The first-order valence-corrected chi connectivity index (χ1v) is 11.0. The first kappa shape index (κ1) is 26.0. The highest BCUT2D eigenvalue weighted by molar-refractivity contribution is 6.01. The number of phenols is 1. The molecule has 3 aromatic rings. The van der Waals surface area contributed by atoms with Crippen LogP contribution in [0.15, 0.2) is 78.9 Å². The molecule has 36 heavy (non-hydrogen) atoms. The van der Waals surface area contributed by atoms with Crippen LogP contribution in [0.3, 0.4) is 0 Å². The molecule has 0 aliphatic rings. The predicted octanol–water partition coefficient (Wildman–Crippen LogP) is 5.44. The van der Waals surface area contributed by atoms with Crippen molar-refractivity contribution in [1.82, 2.24) is 0 Å². The number of nitrogens with one attached hydrogen (secondary N) is 2. The van der Waals surface area contributed by atoms with Crippen LogP contribution in [0.2, 0.25) is 0 Å². The molecule has 0 fully saturated rings. The standard InChI is InChI=1S/C27H26FN3O5/c1-16(7-14-25(34)31-23-6-4-3-5-22(23)29)26(19-10-13-24(33)21(28)15-19)36-27(35)30-20-11-8-18(9-12-20)17(2)32/h3-16,26,33H,29H2,1-2H3,(H,30,35)(H,31,34)/b14-7+/t16-,26+/m0/s1. The number of ether oxygens (including phenoxy) is 1. The topological polar surface area (TPSA) is 131 Å². The van der Waals surface area contributed by atoms with E-state index in [0.717, 1.165) is 12.1 Å². The number of aromatic hydroxyl groups is 1. The molecule has 0 heterocycles. The van der Waals surface area contributed by atoms with Gasteiger partial charge < -0.3 is 20.9 Å². The van der Waals surface area contributed by atoms with Gasteiger partial charge >= 0.3 is 6.09 Å². The van der Waals surface area contributed by atoms with Crippen LogP contribution in [0.25, 0.3) is 0 Å². The SMILES string of the molecule is CC(=O)c1ccc(NC(=O)O[C@@H](c2ccc(O)c(F)c2)[C@@H](C)/C=C/C(=O)Nc2ccccc2N)cc1. The molecule has 186 valence electrons. The second-order valence-electron chi connectivity index (χ2n) is 8.09. The summed E-state index contributed by atoms with van der Waals surface area (Å²) < 4.78 is 19.6. The Morgan fingerprint density at radius 1 is 1.03 bits per heavy atom. The summed E-state index contributed by atoms with van der Waals surface area (Å²) in [6.07, 6.45) is 0.954. The summed E-state index contributed by atoms with van der Waals surface area (Å²) in [4.78, 5) is 36.4. The normalized spacial score (nSPS) is 12.5. The number of ketones is 1. The number of hydrogen-bond acceptors (Lipinski definition) is 6. The van der Waals surface area contributed by atoms with E-state index in [2.05, 4.69) is 10.6 Å². The lowest BCUT2D eigenvalue weighted by Crippen LogP contribution is -2.21. The minimum absolute atomic E-state index is 0.113. The monoisotopic (exact) mass is 491 g/mol. The van der Waals surface area contributed by atoms with Crippen LogP contribution in [0.4, 0.5) is 26.2 Å². The summed E-state index contributed by atoms with van der Waals surface area (Å²) in [5.74, 6) is -2.56. The van der Waals surface area contributed by atoms with Crippen molar-refractivity contribution in [2.45, 2.75) is 20.0 Å². The number of hydrogen-bond donors (Lipinski definition) is 4. The molecule has 0 unspecified atom stereocenters. The summed E-state index contributed by atoms with van der Waals surface area (Å²) in [6, 6.07) is 16.6. The van der Waals surface area contributed by atoms with E-state index < -0.39 is 35.6 Å². The number of para-hydroxylation sites is 2. The number of Topliss-reactive ketones (excluding diaryl/α,β-unsaturated/α-hetero) is 1. The van der Waals surface area contributed by atoms with E-state index in [1.54, 1.807) is 55.5 Å². The Balaban J connectivity index is 1.76. The molecule has 0 aromatic heterocycles. The molecular weight excluding hydrogens is 465 g/mol. The molecule has 0 radical (unpaired) electrons. The molecule has 0 saturated heterocycles. The molecule has 0 aliphatic heterocycles. The second-order valence-corrected chi connectivity index (χ2v) is 8.09. The van der Waals surface area contributed by atoms with Crippen molar-refractivity contribution >= 4 is 34.8 Å². The number of nitrogen functional groups attached to an aromatic ring is 1. The van der Waals surface area contributed by atoms with Gasteiger partial charge in [0.1, 0.15) is 6.10 Å². The molecule has 2 atom stereocenters. The van der Waals surface area contributed by atoms with Crippen molar-refractivity contribution < 1.29 is 28.6 Å². The molecule has 9 heteroatoms. The zero-order valence-electron chi connectivity index (χ0n) is 19.7. The maximum atomic E-state index is 14.1. The quantitative estimate of drug-likeness (QED) is 0.189. The predicted molar refractivity (Wildman–Crippen MR) is 135 cm³/mol. The molecule has 8 nitrogen and oxygen atoms in total. The fourth-order valence-corrected chi connectivity index (χ4v) is 3.36. The van der Waals surface area contributed by atoms with Crippen molar-refractivity contribution in [3.05, 3.63) is 95.8 Å². The number of carbonyl (C=O) groups excluding carboxylic acids is 3. The van der Waals surface area contributed by atoms with Gasteiger partial charge in [0, 0.05) is 17.2 Å². The van der Waals surface area contributed by atoms with Gasteiger partial charge in [-0.1, -0.05) is 31.2 Å². The van der Waals surface area contributed by atoms with E-state index in [-0.39, 0.29) is 11.3 Å². The Morgan fingerprint density at radius 3 is 2.36 bits per heavy atom. The summed E-state index contributed by atoms with van der Waals surface area (Å²) in [6.45, 7) is 3.12. The van der Waals surface area contributed by atoms with Crippen molar-refractivity contribution in [1.29, 1.82) is 0 Å². The first-order chi connectivity index (χ1) is 17.1. The molecule has 0 bridgehead atoms. The molecule has 2 amide bonds. The van der Waals surface area contributed by atoms with Crippen LogP contribution in [-0.2, 0) is 9.53 Å². The lowest BCUT2D eigenvalue weighted by molar-refractivity contribution is -0.111. The third-order valence-electron chi connectivity index (χ3n) is 5.32. The number of amides is 2. The molecule has 3 aromatic carbocycles. The average Bonchev–Trinajstić information content (AvgIpc) is 2.84. The smallest absolute Gasteiger partial charge is 0.412 e. The van der Waals surface area contributed by atoms with Crippen LogP contribution in [-0.4, -0.2) is 22.9 Å². The Kier molecular flexibility index (Phi) is 8.40. The van der Waals surface area contributed by atoms with Crippen LogP contribution >= 0.6 is 0 Å². The van der Waals surface area contributed by atoms with Crippen LogP contribution in [0.5, 0.6) is 5.75 Å². The van der Waals surface area contributed by atoms with Gasteiger partial charge in [0.05, 0.1) is 11.4 Å². The van der Waals surface area contributed by atoms with Crippen LogP contribution in [0.1, 0.15) is 35.9 Å². The van der Waals surface area contributed by atoms with Gasteiger partial charge in [-0.2, -0.15) is 0 Å². The number of benzene rings is 3. The van der Waals surface area contributed by atoms with E-state index in [1.165, 1.54) is 25.1 Å². The summed E-state index contributed by atoms with van der Waals surface area (Å²) in [5.41, 5.74) is 7.85. The Labute approximate surface area is 207 Å². The molecule has 5 N–H and O–H groups in total. The minimum Gasteiger partial charge on any atom is -0.505 e. The Morgan fingerprint density at radius 2 is 1.72 bits per heavy atom. The fourth-order valence-electron chi connectivity index (χ4n) is 3.36. The first-order valence-electron chi connectivity index (χ1n) is 11.0. The van der Waals surface area contributed by atoms with Gasteiger partial charge in [-0.25, -0.2) is 9.18 Å². The molecule has 3 rings (SSSR count). The highest BCUT2D eigenvalue weighted by Gasteiger charge is 2.24. The van der Waals surface area contributed by atoms with Gasteiger partial charge in [0.25, 0.3) is 0 Å². The van der Waals surface area contributed by atoms with Gasteiger partial charge in [0.2, 0.25) is 5.91 Å². The average molecular weight is 492 g/mol. The minimum atomic E-state index is -0.998. The Hall–Kier alpha value is -4.66. The van der Waals surface area contributed by atoms with E-state index in [9.17, 15) is 23.9 Å². The van der Waals surface area contributed by atoms with Gasteiger partial charge in [-0.15, -0.1) is 0 Å². The molecule has 0 spiro atoms. The highest BCUT2D eigenvalue weighted by Crippen LogP contribution is 2.30. The van der Waals surface area contributed by atoms with Gasteiger partial charge in [-0.3, -0.25) is 14.9 Å². The summed E-state index contributed by atoms with van der Waals surface area (Å²) in [7, 11) is 0. The largest absolute Gasteiger partial charge is 0.505 e. The lowest BCUT2D eigenvalue weighted by atomic mass is 9.96. The highest BCUT2D eigenvalue weighted by atomic mass is 19.1. The van der Waals surface area contributed by atoms with Gasteiger partial charge in [0.15, 0.2) is 17.3 Å². The van der Waals surface area contributed by atoms with Crippen LogP contribution < -0.4 is 16.4 Å². The number of carbonyl (C=O) groups is 3. The summed E-state index contributed by atoms with van der Waals surface area (Å²) in [5, 5.41) is 14.8. The van der Waals surface area contributed by atoms with Gasteiger partial charge in [-0.05, 0) is 67.1 Å². The maximum Gasteiger partial charge on any atom is 0.412 e. The molecule has 0 aliphatic carbocycles. The van der Waals surface area contributed by atoms with Crippen molar-refractivity contribution in [2.75, 3.05) is 16.4 Å². The van der Waals surface area contributed by atoms with E-state index >= 15 is 0 Å². The van der Waals surface area contributed by atoms with Crippen molar-refractivity contribution in [2.24, 2.45) is 5.92 Å². The number of anilines is 3. The second kappa shape index (κ2) is 11.7. The zero-order chi connectivity index (χ0) is 26.2. The van der Waals surface area contributed by atoms with Crippen molar-refractivity contribution in [3.8, 4) is 5.75 Å². The lowest BCUT2D eigenvalue weighted by Gasteiger charge is -2.23. The number of halogens is 1. The maximum absolute atomic E-state index is 14.1.